The van der Waals surface area contributed by atoms with Crippen LogP contribution in [-0.4, -0.2) is 43.0 Å². The number of nitrogens with two attached hydrogens (primary N) is 1. The van der Waals surface area contributed by atoms with Crippen LogP contribution in [0.1, 0.15) is 44.9 Å². The van der Waals surface area contributed by atoms with E-state index in [4.69, 9.17) is 5.73 Å². The van der Waals surface area contributed by atoms with E-state index < -0.39 is 0 Å². The number of nitrogens with zero attached hydrogens (tertiary/aromatic N) is 1. The summed E-state index contributed by atoms with van der Waals surface area (Å²) in [5.41, 5.74) is 5.62. The first-order chi connectivity index (χ1) is 8.78. The molecule has 1 saturated carbocycles. The topological polar surface area (TPSA) is 58.4 Å². The molecule has 0 aromatic carbocycles. The van der Waals surface area contributed by atoms with E-state index in [2.05, 4.69) is 10.2 Å². The van der Waals surface area contributed by atoms with Crippen molar-refractivity contribution in [3.63, 3.8) is 0 Å². The number of piperidine rings is 1. The second-order valence-electron chi connectivity index (χ2n) is 5.87. The van der Waals surface area contributed by atoms with Crippen LogP contribution in [0.5, 0.6) is 0 Å². The van der Waals surface area contributed by atoms with Gasteiger partial charge in [-0.2, -0.15) is 0 Å². The first-order valence-corrected chi connectivity index (χ1v) is 7.49. The lowest BCUT2D eigenvalue weighted by Gasteiger charge is -2.32. The fraction of sp³-hybridized carbons (Fsp3) is 0.929. The summed E-state index contributed by atoms with van der Waals surface area (Å²) in [4.78, 5) is 14.3. The summed E-state index contributed by atoms with van der Waals surface area (Å²) in [6, 6.07) is 0.446. The van der Waals surface area contributed by atoms with Crippen LogP contribution in [0.4, 0.5) is 0 Å². The molecule has 0 aromatic rings. The molecule has 3 N–H and O–H groups in total. The summed E-state index contributed by atoms with van der Waals surface area (Å²) in [5, 5.41) is 3.17. The van der Waals surface area contributed by atoms with Crippen molar-refractivity contribution < 1.29 is 4.79 Å². The predicted molar refractivity (Wildman–Crippen MR) is 73.2 cm³/mol. The highest BCUT2D eigenvalue weighted by Gasteiger charge is 2.22. The molecular formula is C14H27N3O. The Morgan fingerprint density at radius 2 is 2.00 bits per heavy atom. The van der Waals surface area contributed by atoms with Crippen LogP contribution in [0.25, 0.3) is 0 Å². The zero-order chi connectivity index (χ0) is 12.8. The number of carbonyl (C=O) groups excluding carboxylic acids is 1. The van der Waals surface area contributed by atoms with Crippen LogP contribution in [0.15, 0.2) is 0 Å². The molecular weight excluding hydrogens is 226 g/mol. The summed E-state index contributed by atoms with van der Waals surface area (Å²) in [6.45, 7) is 3.47. The van der Waals surface area contributed by atoms with Crippen LogP contribution >= 0.6 is 0 Å². The van der Waals surface area contributed by atoms with E-state index in [-0.39, 0.29) is 5.91 Å². The van der Waals surface area contributed by atoms with E-state index in [1.807, 2.05) is 0 Å². The molecule has 18 heavy (non-hydrogen) atoms. The SMILES string of the molecule is NCCC1CCCN(CC(=O)NC2CCCC2)C1. The molecule has 4 heteroatoms. The van der Waals surface area contributed by atoms with Crippen molar-refractivity contribution in [3.8, 4) is 0 Å². The lowest BCUT2D eigenvalue weighted by Crippen LogP contribution is -2.45. The molecule has 1 saturated heterocycles. The predicted octanol–water partition coefficient (Wildman–Crippen LogP) is 1.11. The molecule has 2 fully saturated rings. The summed E-state index contributed by atoms with van der Waals surface area (Å²) in [5.74, 6) is 0.915. The Bertz CT molecular complexity index is 262. The maximum absolute atomic E-state index is 12.0. The normalized spacial score (nSPS) is 26.4. The lowest BCUT2D eigenvalue weighted by molar-refractivity contribution is -0.123. The highest BCUT2D eigenvalue weighted by Crippen LogP contribution is 2.19. The van der Waals surface area contributed by atoms with Crippen LogP contribution in [0.3, 0.4) is 0 Å². The number of carbonyl (C=O) groups is 1. The van der Waals surface area contributed by atoms with Gasteiger partial charge >= 0.3 is 0 Å². The molecule has 0 aromatic heterocycles. The smallest absolute Gasteiger partial charge is 0.234 e. The Morgan fingerprint density at radius 1 is 1.22 bits per heavy atom. The van der Waals surface area contributed by atoms with Crippen LogP contribution in [0.2, 0.25) is 0 Å². The van der Waals surface area contributed by atoms with Gasteiger partial charge in [-0.1, -0.05) is 12.8 Å². The van der Waals surface area contributed by atoms with Crippen molar-refractivity contribution in [2.24, 2.45) is 11.7 Å². The summed E-state index contributed by atoms with van der Waals surface area (Å²) in [7, 11) is 0. The Kier molecular flexibility index (Phi) is 5.45. The van der Waals surface area contributed by atoms with Gasteiger partial charge in [-0.05, 0) is 51.1 Å². The monoisotopic (exact) mass is 253 g/mol. The van der Waals surface area contributed by atoms with Gasteiger partial charge in [0.15, 0.2) is 0 Å². The molecule has 1 unspecified atom stereocenters. The largest absolute Gasteiger partial charge is 0.352 e. The maximum Gasteiger partial charge on any atom is 0.234 e. The molecule has 1 amide bonds. The highest BCUT2D eigenvalue weighted by molar-refractivity contribution is 5.78. The fourth-order valence-corrected chi connectivity index (χ4v) is 3.31. The van der Waals surface area contributed by atoms with Gasteiger partial charge in [0.1, 0.15) is 0 Å². The van der Waals surface area contributed by atoms with Gasteiger partial charge in [0.05, 0.1) is 6.54 Å². The fourth-order valence-electron chi connectivity index (χ4n) is 3.31. The first-order valence-electron chi connectivity index (χ1n) is 7.49. The number of hydrogen-bond donors (Lipinski definition) is 2. The molecule has 0 bridgehead atoms. The molecule has 0 spiro atoms. The van der Waals surface area contributed by atoms with E-state index in [1.165, 1.54) is 38.5 Å². The number of nitrogens with one attached hydrogen (secondary N) is 1. The van der Waals surface area contributed by atoms with E-state index in [0.717, 1.165) is 26.1 Å². The average Bonchev–Trinajstić information content (AvgIpc) is 2.82. The molecule has 1 atom stereocenters. The number of rotatable bonds is 5. The molecule has 1 aliphatic heterocycles. The third kappa shape index (κ3) is 4.25. The molecule has 1 aliphatic carbocycles. The minimum atomic E-state index is 0.218. The van der Waals surface area contributed by atoms with Gasteiger partial charge in [0, 0.05) is 12.6 Å². The van der Waals surface area contributed by atoms with Crippen molar-refractivity contribution in [3.05, 3.63) is 0 Å². The highest BCUT2D eigenvalue weighted by atomic mass is 16.2. The molecule has 2 rings (SSSR count). The minimum Gasteiger partial charge on any atom is -0.352 e. The van der Waals surface area contributed by atoms with Crippen molar-refractivity contribution in [1.82, 2.24) is 10.2 Å². The second-order valence-corrected chi connectivity index (χ2v) is 5.87. The van der Waals surface area contributed by atoms with E-state index in [1.54, 1.807) is 0 Å². The zero-order valence-electron chi connectivity index (χ0n) is 11.4. The third-order valence-electron chi connectivity index (χ3n) is 4.27. The average molecular weight is 253 g/mol. The Hall–Kier alpha value is -0.610. The minimum absolute atomic E-state index is 0.218. The van der Waals surface area contributed by atoms with Crippen molar-refractivity contribution in [2.45, 2.75) is 51.0 Å². The van der Waals surface area contributed by atoms with Crippen LogP contribution < -0.4 is 11.1 Å². The van der Waals surface area contributed by atoms with Crippen LogP contribution in [-0.2, 0) is 4.79 Å². The van der Waals surface area contributed by atoms with Gasteiger partial charge in [0.2, 0.25) is 5.91 Å². The van der Waals surface area contributed by atoms with Crippen molar-refractivity contribution in [1.29, 1.82) is 0 Å². The van der Waals surface area contributed by atoms with Gasteiger partial charge in [-0.15, -0.1) is 0 Å². The lowest BCUT2D eigenvalue weighted by atomic mass is 9.95. The van der Waals surface area contributed by atoms with Gasteiger partial charge in [-0.25, -0.2) is 0 Å². The van der Waals surface area contributed by atoms with Gasteiger partial charge in [-0.3, -0.25) is 9.69 Å². The Balaban J connectivity index is 1.69. The quantitative estimate of drug-likeness (QED) is 0.771. The molecule has 0 radical (unpaired) electrons. The maximum atomic E-state index is 12.0. The standard InChI is InChI=1S/C14H27N3O/c15-8-7-12-4-3-9-17(10-12)11-14(18)16-13-5-1-2-6-13/h12-13H,1-11,15H2,(H,16,18). The Morgan fingerprint density at radius 3 is 2.72 bits per heavy atom. The molecule has 4 nitrogen and oxygen atoms in total. The summed E-state index contributed by atoms with van der Waals surface area (Å²) in [6.07, 6.45) is 8.46. The van der Waals surface area contributed by atoms with Gasteiger partial charge in [0.25, 0.3) is 0 Å². The van der Waals surface area contributed by atoms with Crippen molar-refractivity contribution >= 4 is 5.91 Å². The number of likely N-dealkylation sites (tertiary alicyclic amines) is 1. The number of hydrogen-bond acceptors (Lipinski definition) is 3. The molecule has 2 aliphatic rings. The third-order valence-corrected chi connectivity index (χ3v) is 4.27. The van der Waals surface area contributed by atoms with Crippen molar-refractivity contribution in [2.75, 3.05) is 26.2 Å². The van der Waals surface area contributed by atoms with E-state index in [9.17, 15) is 4.79 Å². The summed E-state index contributed by atoms with van der Waals surface area (Å²) >= 11 is 0. The zero-order valence-corrected chi connectivity index (χ0v) is 11.4. The summed E-state index contributed by atoms with van der Waals surface area (Å²) < 4.78 is 0. The van der Waals surface area contributed by atoms with E-state index >= 15 is 0 Å². The Labute approximate surface area is 110 Å². The first kappa shape index (κ1) is 13.8. The molecule has 1 heterocycles. The molecule has 104 valence electrons. The second kappa shape index (κ2) is 7.10. The van der Waals surface area contributed by atoms with Gasteiger partial charge < -0.3 is 11.1 Å². The van der Waals surface area contributed by atoms with E-state index in [0.29, 0.717) is 18.5 Å². The number of amides is 1. The van der Waals surface area contributed by atoms with Crippen LogP contribution in [0, 0.1) is 5.92 Å².